The fourth-order valence-corrected chi connectivity index (χ4v) is 1.48. The summed E-state index contributed by atoms with van der Waals surface area (Å²) in [6.45, 7) is 0.542. The fraction of sp³-hybridized carbons (Fsp3) is 0.200. The zero-order chi connectivity index (χ0) is 10.7. The Morgan fingerprint density at radius 1 is 1.27 bits per heavy atom. The third-order valence-corrected chi connectivity index (χ3v) is 2.53. The summed E-state index contributed by atoms with van der Waals surface area (Å²) in [5.41, 5.74) is 7.51. The second kappa shape index (κ2) is 4.46. The number of nitrogens with zero attached hydrogens (tertiary/aromatic N) is 2. The molecule has 4 nitrogen and oxygen atoms in total. The van der Waals surface area contributed by atoms with E-state index in [2.05, 4.69) is 10.2 Å². The van der Waals surface area contributed by atoms with E-state index < -0.39 is 0 Å². The SMILES string of the molecule is CSc1nnc(-c2ccc(CN)cc2)o1. The lowest BCUT2D eigenvalue weighted by atomic mass is 10.1. The second-order valence-corrected chi connectivity index (χ2v) is 3.74. The Balaban J connectivity index is 2.28. The minimum Gasteiger partial charge on any atom is -0.411 e. The quantitative estimate of drug-likeness (QED) is 0.802. The Morgan fingerprint density at radius 2 is 2.00 bits per heavy atom. The van der Waals surface area contributed by atoms with Gasteiger partial charge in [0, 0.05) is 12.1 Å². The molecule has 0 atom stereocenters. The van der Waals surface area contributed by atoms with Crippen molar-refractivity contribution in [2.75, 3.05) is 6.26 Å². The molecule has 0 aliphatic carbocycles. The van der Waals surface area contributed by atoms with Gasteiger partial charge in [0.25, 0.3) is 5.22 Å². The Labute approximate surface area is 91.9 Å². The molecule has 0 saturated carbocycles. The Kier molecular flexibility index (Phi) is 3.03. The summed E-state index contributed by atoms with van der Waals surface area (Å²) in [5.74, 6) is 0.544. The monoisotopic (exact) mass is 221 g/mol. The van der Waals surface area contributed by atoms with Gasteiger partial charge in [0.1, 0.15) is 0 Å². The van der Waals surface area contributed by atoms with Gasteiger partial charge in [-0.2, -0.15) is 0 Å². The van der Waals surface area contributed by atoms with Gasteiger partial charge in [-0.3, -0.25) is 0 Å². The number of benzene rings is 1. The topological polar surface area (TPSA) is 64.9 Å². The van der Waals surface area contributed by atoms with Crippen LogP contribution in [0.1, 0.15) is 5.56 Å². The Morgan fingerprint density at radius 3 is 2.53 bits per heavy atom. The van der Waals surface area contributed by atoms with E-state index in [-0.39, 0.29) is 0 Å². The molecule has 0 aliphatic rings. The molecule has 2 aromatic rings. The number of aromatic nitrogens is 2. The van der Waals surface area contributed by atoms with Crippen molar-refractivity contribution in [1.82, 2.24) is 10.2 Å². The summed E-state index contributed by atoms with van der Waals surface area (Å²) in [5, 5.41) is 8.40. The van der Waals surface area contributed by atoms with Crippen molar-refractivity contribution >= 4 is 11.8 Å². The maximum Gasteiger partial charge on any atom is 0.276 e. The van der Waals surface area contributed by atoms with Gasteiger partial charge in [-0.25, -0.2) is 0 Å². The molecule has 15 heavy (non-hydrogen) atoms. The van der Waals surface area contributed by atoms with Crippen LogP contribution in [-0.4, -0.2) is 16.5 Å². The molecule has 0 radical (unpaired) electrons. The summed E-state index contributed by atoms with van der Waals surface area (Å²) in [7, 11) is 0. The van der Waals surface area contributed by atoms with Crippen molar-refractivity contribution in [1.29, 1.82) is 0 Å². The van der Waals surface area contributed by atoms with Crippen LogP contribution in [0, 0.1) is 0 Å². The van der Waals surface area contributed by atoms with Crippen LogP contribution in [0.2, 0.25) is 0 Å². The van der Waals surface area contributed by atoms with E-state index in [9.17, 15) is 0 Å². The second-order valence-electron chi connectivity index (χ2n) is 2.98. The van der Waals surface area contributed by atoms with Crippen LogP contribution in [0.25, 0.3) is 11.5 Å². The Hall–Kier alpha value is -1.33. The summed E-state index contributed by atoms with van der Waals surface area (Å²) >= 11 is 1.43. The summed E-state index contributed by atoms with van der Waals surface area (Å²) in [6.07, 6.45) is 1.90. The highest BCUT2D eigenvalue weighted by Gasteiger charge is 2.06. The van der Waals surface area contributed by atoms with E-state index in [1.807, 2.05) is 30.5 Å². The highest BCUT2D eigenvalue weighted by atomic mass is 32.2. The van der Waals surface area contributed by atoms with Crippen LogP contribution in [0.3, 0.4) is 0 Å². The van der Waals surface area contributed by atoms with Crippen molar-refractivity contribution < 1.29 is 4.42 Å². The highest BCUT2D eigenvalue weighted by molar-refractivity contribution is 7.98. The number of nitrogens with two attached hydrogens (primary N) is 1. The van der Waals surface area contributed by atoms with E-state index in [4.69, 9.17) is 10.2 Å². The minimum absolute atomic E-state index is 0.542. The maximum absolute atomic E-state index is 5.51. The molecular weight excluding hydrogens is 210 g/mol. The summed E-state index contributed by atoms with van der Waals surface area (Å²) in [6, 6.07) is 7.77. The molecule has 0 fully saturated rings. The predicted octanol–water partition coefficient (Wildman–Crippen LogP) is 1.92. The third kappa shape index (κ3) is 2.19. The van der Waals surface area contributed by atoms with E-state index in [0.717, 1.165) is 11.1 Å². The molecule has 2 rings (SSSR count). The van der Waals surface area contributed by atoms with Crippen molar-refractivity contribution in [2.45, 2.75) is 11.8 Å². The number of thioether (sulfide) groups is 1. The molecule has 1 aromatic carbocycles. The summed E-state index contributed by atoms with van der Waals surface area (Å²) < 4.78 is 5.40. The van der Waals surface area contributed by atoms with Crippen LogP contribution >= 0.6 is 11.8 Å². The normalized spacial score (nSPS) is 10.5. The molecule has 0 amide bonds. The number of hydrogen-bond donors (Lipinski definition) is 1. The first-order chi connectivity index (χ1) is 7.33. The fourth-order valence-electron chi connectivity index (χ4n) is 1.19. The van der Waals surface area contributed by atoms with Crippen molar-refractivity contribution in [2.24, 2.45) is 5.73 Å². The third-order valence-electron chi connectivity index (χ3n) is 2.02. The Bertz CT molecular complexity index is 438. The minimum atomic E-state index is 0.542. The highest BCUT2D eigenvalue weighted by Crippen LogP contribution is 2.21. The average molecular weight is 221 g/mol. The predicted molar refractivity (Wildman–Crippen MR) is 59.4 cm³/mol. The zero-order valence-electron chi connectivity index (χ0n) is 8.30. The van der Waals surface area contributed by atoms with Gasteiger partial charge >= 0.3 is 0 Å². The van der Waals surface area contributed by atoms with Gasteiger partial charge in [0.2, 0.25) is 5.89 Å². The molecule has 5 heteroatoms. The first kappa shape index (κ1) is 10.2. The molecule has 0 saturated heterocycles. The van der Waals surface area contributed by atoms with Crippen LogP contribution in [0.15, 0.2) is 33.9 Å². The molecule has 1 aromatic heterocycles. The van der Waals surface area contributed by atoms with E-state index >= 15 is 0 Å². The van der Waals surface area contributed by atoms with Gasteiger partial charge in [-0.15, -0.1) is 10.2 Å². The molecule has 0 spiro atoms. The molecule has 1 heterocycles. The average Bonchev–Trinajstić information content (AvgIpc) is 2.78. The molecule has 0 unspecified atom stereocenters. The van der Waals surface area contributed by atoms with Gasteiger partial charge in [0.05, 0.1) is 0 Å². The van der Waals surface area contributed by atoms with E-state index in [1.165, 1.54) is 11.8 Å². The molecule has 2 N–H and O–H groups in total. The summed E-state index contributed by atoms with van der Waals surface area (Å²) in [4.78, 5) is 0. The van der Waals surface area contributed by atoms with Crippen molar-refractivity contribution in [3.63, 3.8) is 0 Å². The van der Waals surface area contributed by atoms with Crippen molar-refractivity contribution in [3.05, 3.63) is 29.8 Å². The standard InChI is InChI=1S/C10H11N3OS/c1-15-10-13-12-9(14-10)8-4-2-7(6-11)3-5-8/h2-5H,6,11H2,1H3. The number of hydrogen-bond acceptors (Lipinski definition) is 5. The molecule has 78 valence electrons. The van der Waals surface area contributed by atoms with Gasteiger partial charge < -0.3 is 10.2 Å². The molecule has 0 aliphatic heterocycles. The van der Waals surface area contributed by atoms with Crippen LogP contribution in [0.5, 0.6) is 0 Å². The smallest absolute Gasteiger partial charge is 0.276 e. The number of rotatable bonds is 3. The van der Waals surface area contributed by atoms with E-state index in [0.29, 0.717) is 17.7 Å². The molecule has 0 bridgehead atoms. The van der Waals surface area contributed by atoms with Gasteiger partial charge in [-0.05, 0) is 24.0 Å². The zero-order valence-corrected chi connectivity index (χ0v) is 9.12. The largest absolute Gasteiger partial charge is 0.411 e. The maximum atomic E-state index is 5.51. The van der Waals surface area contributed by atoms with Crippen LogP contribution < -0.4 is 5.73 Å². The van der Waals surface area contributed by atoms with Crippen LogP contribution in [-0.2, 0) is 6.54 Å². The van der Waals surface area contributed by atoms with Crippen molar-refractivity contribution in [3.8, 4) is 11.5 Å². The van der Waals surface area contributed by atoms with Gasteiger partial charge in [-0.1, -0.05) is 23.9 Å². The lowest BCUT2D eigenvalue weighted by Gasteiger charge is -1.97. The van der Waals surface area contributed by atoms with Gasteiger partial charge in [0.15, 0.2) is 0 Å². The van der Waals surface area contributed by atoms with E-state index in [1.54, 1.807) is 0 Å². The molecular formula is C10H11N3OS. The lowest BCUT2D eigenvalue weighted by Crippen LogP contribution is -1.95. The first-order valence-corrected chi connectivity index (χ1v) is 5.73. The first-order valence-electron chi connectivity index (χ1n) is 4.50. The van der Waals surface area contributed by atoms with Crippen LogP contribution in [0.4, 0.5) is 0 Å². The lowest BCUT2D eigenvalue weighted by molar-refractivity contribution is 0.466.